The molecular weight excluding hydrogens is 380 g/mol. The molecule has 30 heavy (non-hydrogen) atoms. The Balaban J connectivity index is 1.66. The second-order valence-corrected chi connectivity index (χ2v) is 8.15. The maximum absolute atomic E-state index is 13.5. The predicted octanol–water partition coefficient (Wildman–Crippen LogP) is 2.27. The van der Waals surface area contributed by atoms with Crippen LogP contribution in [0.3, 0.4) is 0 Å². The van der Waals surface area contributed by atoms with Crippen LogP contribution in [-0.4, -0.2) is 29.8 Å². The third-order valence-electron chi connectivity index (χ3n) is 6.36. The number of nitrogens with one attached hydrogen (secondary N) is 2. The van der Waals surface area contributed by atoms with E-state index >= 15 is 0 Å². The van der Waals surface area contributed by atoms with Crippen molar-refractivity contribution in [1.29, 1.82) is 0 Å². The Bertz CT molecular complexity index is 985. The average Bonchev–Trinajstić information content (AvgIpc) is 3.23. The van der Waals surface area contributed by atoms with E-state index in [1.54, 1.807) is 30.0 Å². The van der Waals surface area contributed by atoms with Crippen LogP contribution in [0.2, 0.25) is 0 Å². The number of carbonyl (C=O) groups is 3. The van der Waals surface area contributed by atoms with Gasteiger partial charge in [-0.15, -0.1) is 0 Å². The Morgan fingerprint density at radius 2 is 1.73 bits per heavy atom. The molecular formula is C23H26N4O3. The SMILES string of the molecule is C[C@@](NCC(=O)N1c2ccccc2NC(=O)C12CCCC2)(C(N)=O)c1ccccc1. The molecule has 4 rings (SSSR count). The van der Waals surface area contributed by atoms with Crippen molar-refractivity contribution < 1.29 is 14.4 Å². The number of nitrogens with zero attached hydrogens (tertiary/aromatic N) is 1. The topological polar surface area (TPSA) is 105 Å². The van der Waals surface area contributed by atoms with Crippen LogP contribution in [0.5, 0.6) is 0 Å². The molecule has 156 valence electrons. The summed E-state index contributed by atoms with van der Waals surface area (Å²) in [7, 11) is 0. The number of fused-ring (bicyclic) bond motifs is 1. The van der Waals surface area contributed by atoms with Gasteiger partial charge in [0.1, 0.15) is 11.1 Å². The Hall–Kier alpha value is -3.19. The van der Waals surface area contributed by atoms with Crippen LogP contribution in [0.15, 0.2) is 54.6 Å². The molecule has 1 spiro atoms. The number of anilines is 2. The first-order valence-corrected chi connectivity index (χ1v) is 10.2. The van der Waals surface area contributed by atoms with Gasteiger partial charge in [-0.3, -0.25) is 24.6 Å². The zero-order valence-electron chi connectivity index (χ0n) is 17.0. The van der Waals surface area contributed by atoms with Gasteiger partial charge in [0.2, 0.25) is 11.8 Å². The largest absolute Gasteiger partial charge is 0.368 e. The van der Waals surface area contributed by atoms with E-state index in [9.17, 15) is 14.4 Å². The molecule has 1 saturated carbocycles. The monoisotopic (exact) mass is 406 g/mol. The van der Waals surface area contributed by atoms with Gasteiger partial charge in [-0.2, -0.15) is 0 Å². The summed E-state index contributed by atoms with van der Waals surface area (Å²) in [5.74, 6) is -0.982. The van der Waals surface area contributed by atoms with Gasteiger partial charge in [0.25, 0.3) is 5.91 Å². The van der Waals surface area contributed by atoms with Gasteiger partial charge in [0.15, 0.2) is 0 Å². The highest BCUT2D eigenvalue weighted by atomic mass is 16.2. The first-order valence-electron chi connectivity index (χ1n) is 10.2. The molecule has 1 heterocycles. The number of benzene rings is 2. The molecule has 0 aromatic heterocycles. The highest BCUT2D eigenvalue weighted by Gasteiger charge is 2.52. The Kier molecular flexibility index (Phi) is 5.07. The van der Waals surface area contributed by atoms with Crippen LogP contribution in [0.1, 0.15) is 38.2 Å². The standard InChI is InChI=1S/C23H26N4O3/c1-22(20(24)29,16-9-3-2-4-10-16)25-15-19(28)27-18-12-6-5-11-17(18)26-21(30)23(27)13-7-8-14-23/h2-6,9-12,25H,7-8,13-15H2,1H3,(H2,24,29)(H,26,30)/t22-/m0/s1. The Labute approximate surface area is 175 Å². The van der Waals surface area contributed by atoms with Crippen molar-refractivity contribution in [3.63, 3.8) is 0 Å². The molecule has 0 bridgehead atoms. The van der Waals surface area contributed by atoms with E-state index in [0.717, 1.165) is 12.8 Å². The second-order valence-electron chi connectivity index (χ2n) is 8.15. The Morgan fingerprint density at radius 1 is 1.10 bits per heavy atom. The third kappa shape index (κ3) is 3.15. The van der Waals surface area contributed by atoms with E-state index in [1.165, 1.54) is 0 Å². The molecule has 1 fully saturated rings. The first kappa shape index (κ1) is 20.1. The van der Waals surface area contributed by atoms with Crippen LogP contribution in [0.25, 0.3) is 0 Å². The van der Waals surface area contributed by atoms with Gasteiger partial charge in [0, 0.05) is 0 Å². The quantitative estimate of drug-likeness (QED) is 0.708. The van der Waals surface area contributed by atoms with Gasteiger partial charge < -0.3 is 11.1 Å². The van der Waals surface area contributed by atoms with E-state index in [-0.39, 0.29) is 18.4 Å². The fourth-order valence-electron chi connectivity index (χ4n) is 4.56. The molecule has 1 atom stereocenters. The number of hydrogen-bond acceptors (Lipinski definition) is 4. The van der Waals surface area contributed by atoms with E-state index in [1.807, 2.05) is 36.4 Å². The number of hydrogen-bond donors (Lipinski definition) is 3. The van der Waals surface area contributed by atoms with Crippen molar-refractivity contribution in [2.75, 3.05) is 16.8 Å². The minimum absolute atomic E-state index is 0.127. The number of primary amides is 1. The summed E-state index contributed by atoms with van der Waals surface area (Å²) in [5.41, 5.74) is 5.58. The molecule has 3 amide bonds. The van der Waals surface area contributed by atoms with Gasteiger partial charge in [-0.25, -0.2) is 0 Å². The van der Waals surface area contributed by atoms with Gasteiger partial charge >= 0.3 is 0 Å². The van der Waals surface area contributed by atoms with E-state index in [0.29, 0.717) is 29.8 Å². The summed E-state index contributed by atoms with van der Waals surface area (Å²) >= 11 is 0. The fourth-order valence-corrected chi connectivity index (χ4v) is 4.56. The summed E-state index contributed by atoms with van der Waals surface area (Å²) in [5, 5.41) is 6.03. The van der Waals surface area contributed by atoms with Crippen molar-refractivity contribution in [3.8, 4) is 0 Å². The van der Waals surface area contributed by atoms with Gasteiger partial charge in [-0.05, 0) is 37.5 Å². The highest BCUT2D eigenvalue weighted by Crippen LogP contribution is 2.45. The lowest BCUT2D eigenvalue weighted by molar-refractivity contribution is -0.128. The van der Waals surface area contributed by atoms with Crippen LogP contribution in [-0.2, 0) is 19.9 Å². The molecule has 7 heteroatoms. The lowest BCUT2D eigenvalue weighted by Gasteiger charge is -2.44. The lowest BCUT2D eigenvalue weighted by atomic mass is 9.89. The minimum atomic E-state index is -1.21. The van der Waals surface area contributed by atoms with Crippen molar-refractivity contribution in [1.82, 2.24) is 5.32 Å². The molecule has 0 unspecified atom stereocenters. The van der Waals surface area contributed by atoms with Gasteiger partial charge in [0.05, 0.1) is 17.9 Å². The fraction of sp³-hybridized carbons (Fsp3) is 0.348. The van der Waals surface area contributed by atoms with Crippen molar-refractivity contribution in [3.05, 3.63) is 60.2 Å². The summed E-state index contributed by atoms with van der Waals surface area (Å²) in [6.45, 7) is 1.54. The first-order chi connectivity index (χ1) is 14.4. The van der Waals surface area contributed by atoms with Gasteiger partial charge in [-0.1, -0.05) is 55.3 Å². The van der Waals surface area contributed by atoms with E-state index in [2.05, 4.69) is 10.6 Å². The number of amides is 3. The Morgan fingerprint density at radius 3 is 2.40 bits per heavy atom. The molecule has 2 aromatic carbocycles. The zero-order chi connectivity index (χ0) is 21.4. The molecule has 1 aliphatic heterocycles. The second kappa shape index (κ2) is 7.57. The summed E-state index contributed by atoms with van der Waals surface area (Å²) in [6.07, 6.45) is 3.00. The van der Waals surface area contributed by atoms with Crippen LogP contribution < -0.4 is 21.3 Å². The number of carbonyl (C=O) groups excluding carboxylic acids is 3. The van der Waals surface area contributed by atoms with Crippen LogP contribution >= 0.6 is 0 Å². The maximum atomic E-state index is 13.5. The summed E-state index contributed by atoms with van der Waals surface area (Å²) in [6, 6.07) is 16.4. The molecule has 0 radical (unpaired) electrons. The average molecular weight is 406 g/mol. The zero-order valence-corrected chi connectivity index (χ0v) is 17.0. The van der Waals surface area contributed by atoms with E-state index in [4.69, 9.17) is 5.73 Å². The number of rotatable bonds is 5. The minimum Gasteiger partial charge on any atom is -0.368 e. The van der Waals surface area contributed by atoms with Crippen molar-refractivity contribution in [2.45, 2.75) is 43.7 Å². The maximum Gasteiger partial charge on any atom is 0.250 e. The molecule has 4 N–H and O–H groups in total. The predicted molar refractivity (Wildman–Crippen MR) is 115 cm³/mol. The molecule has 2 aliphatic rings. The van der Waals surface area contributed by atoms with E-state index < -0.39 is 17.0 Å². The smallest absolute Gasteiger partial charge is 0.250 e. The molecule has 7 nitrogen and oxygen atoms in total. The van der Waals surface area contributed by atoms with Crippen LogP contribution in [0, 0.1) is 0 Å². The third-order valence-corrected chi connectivity index (χ3v) is 6.36. The number of nitrogens with two attached hydrogens (primary N) is 1. The summed E-state index contributed by atoms with van der Waals surface area (Å²) in [4.78, 5) is 40.4. The van der Waals surface area contributed by atoms with Crippen LogP contribution in [0.4, 0.5) is 11.4 Å². The van der Waals surface area contributed by atoms with Crippen molar-refractivity contribution >= 4 is 29.1 Å². The molecule has 2 aromatic rings. The number of para-hydroxylation sites is 2. The molecule has 1 aliphatic carbocycles. The summed E-state index contributed by atoms with van der Waals surface area (Å²) < 4.78 is 0. The highest BCUT2D eigenvalue weighted by molar-refractivity contribution is 6.15. The normalized spacial score (nSPS) is 19.1. The van der Waals surface area contributed by atoms with Crippen molar-refractivity contribution in [2.24, 2.45) is 5.73 Å². The lowest BCUT2D eigenvalue weighted by Crippen LogP contribution is -2.63. The molecule has 0 saturated heterocycles.